The number of fused-ring (bicyclic) bond motifs is 1. The number of rotatable bonds is 5. The molecule has 1 heterocycles. The van der Waals surface area contributed by atoms with Crippen LogP contribution < -0.4 is 4.90 Å². The first-order valence-electron chi connectivity index (χ1n) is 8.03. The molecular formula is C19H20BrN3OS. The third-order valence-electron chi connectivity index (χ3n) is 3.85. The number of likely N-dealkylation sites (N-methyl/N-ethyl adjacent to an activating group) is 1. The van der Waals surface area contributed by atoms with Crippen molar-refractivity contribution in [3.8, 4) is 0 Å². The molecule has 0 saturated carbocycles. The first-order chi connectivity index (χ1) is 11.9. The van der Waals surface area contributed by atoms with E-state index in [1.165, 1.54) is 5.56 Å². The number of aromatic nitrogens is 1. The summed E-state index contributed by atoms with van der Waals surface area (Å²) in [4.78, 5) is 21.6. The standard InChI is InChI=1S/C19H20BrN3OS/c1-13-7-8-16-17(11-13)25-19(21-16)23(10-9-22(2)3)18(24)14-5-4-6-15(20)12-14/h4-8,11-12H,9-10H2,1-3H3. The second-order valence-electron chi connectivity index (χ2n) is 6.24. The maximum absolute atomic E-state index is 13.1. The number of hydrogen-bond acceptors (Lipinski definition) is 4. The van der Waals surface area contributed by atoms with Crippen LogP contribution in [0.4, 0.5) is 5.13 Å². The summed E-state index contributed by atoms with van der Waals surface area (Å²) in [5.41, 5.74) is 2.78. The Labute approximate surface area is 160 Å². The van der Waals surface area contributed by atoms with Crippen molar-refractivity contribution < 1.29 is 4.79 Å². The lowest BCUT2D eigenvalue weighted by Gasteiger charge is -2.22. The zero-order valence-electron chi connectivity index (χ0n) is 14.5. The van der Waals surface area contributed by atoms with E-state index < -0.39 is 0 Å². The van der Waals surface area contributed by atoms with Gasteiger partial charge in [-0.05, 0) is 56.9 Å². The van der Waals surface area contributed by atoms with Gasteiger partial charge in [-0.2, -0.15) is 0 Å². The second-order valence-corrected chi connectivity index (χ2v) is 8.16. The zero-order valence-corrected chi connectivity index (χ0v) is 16.9. The summed E-state index contributed by atoms with van der Waals surface area (Å²) in [6.45, 7) is 3.43. The monoisotopic (exact) mass is 417 g/mol. The number of anilines is 1. The van der Waals surface area contributed by atoms with Crippen molar-refractivity contribution in [2.24, 2.45) is 0 Å². The number of amides is 1. The predicted octanol–water partition coefficient (Wildman–Crippen LogP) is 4.58. The molecule has 0 bridgehead atoms. The molecule has 0 unspecified atom stereocenters. The average molecular weight is 418 g/mol. The number of thiazole rings is 1. The molecule has 1 amide bonds. The molecule has 3 aromatic rings. The fourth-order valence-corrected chi connectivity index (χ4v) is 3.98. The molecule has 0 spiro atoms. The normalized spacial score (nSPS) is 11.2. The number of carbonyl (C=O) groups excluding carboxylic acids is 1. The van der Waals surface area contributed by atoms with Crippen LogP contribution in [-0.4, -0.2) is 43.0 Å². The quantitative estimate of drug-likeness (QED) is 0.609. The van der Waals surface area contributed by atoms with Crippen molar-refractivity contribution >= 4 is 48.5 Å². The predicted molar refractivity (Wildman–Crippen MR) is 109 cm³/mol. The van der Waals surface area contributed by atoms with Gasteiger partial charge in [0.2, 0.25) is 0 Å². The molecule has 0 aliphatic heterocycles. The van der Waals surface area contributed by atoms with Gasteiger partial charge in [0, 0.05) is 23.1 Å². The molecule has 0 aliphatic rings. The average Bonchev–Trinajstić information content (AvgIpc) is 2.97. The Morgan fingerprint density at radius 3 is 2.68 bits per heavy atom. The molecule has 0 atom stereocenters. The van der Waals surface area contributed by atoms with Gasteiger partial charge < -0.3 is 4.90 Å². The molecule has 25 heavy (non-hydrogen) atoms. The fourth-order valence-electron chi connectivity index (χ4n) is 2.50. The van der Waals surface area contributed by atoms with E-state index in [0.29, 0.717) is 12.1 Å². The molecule has 0 saturated heterocycles. The minimum absolute atomic E-state index is 0.0288. The molecular weight excluding hydrogens is 398 g/mol. The number of carbonyl (C=O) groups is 1. The maximum Gasteiger partial charge on any atom is 0.260 e. The molecule has 6 heteroatoms. The van der Waals surface area contributed by atoms with Crippen molar-refractivity contribution in [1.82, 2.24) is 9.88 Å². The summed E-state index contributed by atoms with van der Waals surface area (Å²) in [6, 6.07) is 13.7. The molecule has 4 nitrogen and oxygen atoms in total. The lowest BCUT2D eigenvalue weighted by Crippen LogP contribution is -2.36. The van der Waals surface area contributed by atoms with E-state index >= 15 is 0 Å². The first kappa shape index (κ1) is 18.0. The first-order valence-corrected chi connectivity index (χ1v) is 9.64. The summed E-state index contributed by atoms with van der Waals surface area (Å²) < 4.78 is 2.00. The summed E-state index contributed by atoms with van der Waals surface area (Å²) in [5.74, 6) is -0.0288. The number of nitrogens with zero attached hydrogens (tertiary/aromatic N) is 3. The van der Waals surface area contributed by atoms with Crippen LogP contribution in [0.1, 0.15) is 15.9 Å². The molecule has 0 aliphatic carbocycles. The number of aryl methyl sites for hydroxylation is 1. The van der Waals surface area contributed by atoms with Crippen molar-refractivity contribution in [1.29, 1.82) is 0 Å². The van der Waals surface area contributed by atoms with Gasteiger partial charge >= 0.3 is 0 Å². The molecule has 0 N–H and O–H groups in total. The lowest BCUT2D eigenvalue weighted by molar-refractivity contribution is 0.0985. The Morgan fingerprint density at radius 2 is 1.96 bits per heavy atom. The smallest absolute Gasteiger partial charge is 0.260 e. The molecule has 3 rings (SSSR count). The molecule has 1 aromatic heterocycles. The van der Waals surface area contributed by atoms with Crippen LogP contribution in [-0.2, 0) is 0 Å². The third-order valence-corrected chi connectivity index (χ3v) is 5.39. The Balaban J connectivity index is 1.99. The van der Waals surface area contributed by atoms with Crippen molar-refractivity contribution in [2.75, 3.05) is 32.1 Å². The maximum atomic E-state index is 13.1. The third kappa shape index (κ3) is 4.26. The molecule has 0 radical (unpaired) electrons. The van der Waals surface area contributed by atoms with E-state index in [2.05, 4.69) is 33.8 Å². The summed E-state index contributed by atoms with van der Waals surface area (Å²) in [7, 11) is 4.01. The van der Waals surface area contributed by atoms with E-state index in [-0.39, 0.29) is 5.91 Å². The molecule has 130 valence electrons. The van der Waals surface area contributed by atoms with Crippen LogP contribution in [0.3, 0.4) is 0 Å². The van der Waals surface area contributed by atoms with Crippen molar-refractivity contribution in [3.05, 3.63) is 58.1 Å². The van der Waals surface area contributed by atoms with Crippen LogP contribution in [0.15, 0.2) is 46.9 Å². The van der Waals surface area contributed by atoms with Gasteiger partial charge in [0.05, 0.1) is 10.2 Å². The van der Waals surface area contributed by atoms with E-state index in [1.54, 1.807) is 16.2 Å². The highest BCUT2D eigenvalue weighted by atomic mass is 79.9. The highest BCUT2D eigenvalue weighted by Gasteiger charge is 2.21. The van der Waals surface area contributed by atoms with E-state index in [0.717, 1.165) is 26.4 Å². The SMILES string of the molecule is Cc1ccc2nc(N(CCN(C)C)C(=O)c3cccc(Br)c3)sc2c1. The number of halogens is 1. The van der Waals surface area contributed by atoms with Crippen LogP contribution in [0, 0.1) is 6.92 Å². The van der Waals surface area contributed by atoms with Crippen LogP contribution in [0.2, 0.25) is 0 Å². The van der Waals surface area contributed by atoms with Crippen molar-refractivity contribution in [3.63, 3.8) is 0 Å². The van der Waals surface area contributed by atoms with Gasteiger partial charge in [0.15, 0.2) is 5.13 Å². The Hall–Kier alpha value is -1.76. The lowest BCUT2D eigenvalue weighted by atomic mass is 10.2. The Bertz CT molecular complexity index is 907. The minimum atomic E-state index is -0.0288. The van der Waals surface area contributed by atoms with Gasteiger partial charge in [-0.15, -0.1) is 0 Å². The highest BCUT2D eigenvalue weighted by molar-refractivity contribution is 9.10. The zero-order chi connectivity index (χ0) is 18.0. The molecule has 2 aromatic carbocycles. The van der Waals surface area contributed by atoms with Crippen molar-refractivity contribution in [2.45, 2.75) is 6.92 Å². The minimum Gasteiger partial charge on any atom is -0.308 e. The van der Waals surface area contributed by atoms with Gasteiger partial charge in [-0.1, -0.05) is 39.4 Å². The van der Waals surface area contributed by atoms with Gasteiger partial charge in [0.25, 0.3) is 5.91 Å². The number of hydrogen-bond donors (Lipinski definition) is 0. The van der Waals surface area contributed by atoms with Gasteiger partial charge in [-0.3, -0.25) is 9.69 Å². The van der Waals surface area contributed by atoms with Crippen LogP contribution in [0.25, 0.3) is 10.2 Å². The summed E-state index contributed by atoms with van der Waals surface area (Å²) in [6.07, 6.45) is 0. The van der Waals surface area contributed by atoms with E-state index in [4.69, 9.17) is 4.98 Å². The Kier molecular flexibility index (Phi) is 5.51. The van der Waals surface area contributed by atoms with Gasteiger partial charge in [0.1, 0.15) is 0 Å². The molecule has 0 fully saturated rings. The second kappa shape index (κ2) is 7.64. The Morgan fingerprint density at radius 1 is 1.16 bits per heavy atom. The largest absolute Gasteiger partial charge is 0.308 e. The van der Waals surface area contributed by atoms with Crippen LogP contribution >= 0.6 is 27.3 Å². The van der Waals surface area contributed by atoms with Crippen LogP contribution in [0.5, 0.6) is 0 Å². The number of benzene rings is 2. The summed E-state index contributed by atoms with van der Waals surface area (Å²) >= 11 is 5.00. The van der Waals surface area contributed by atoms with Gasteiger partial charge in [-0.25, -0.2) is 4.98 Å². The topological polar surface area (TPSA) is 36.4 Å². The highest BCUT2D eigenvalue weighted by Crippen LogP contribution is 2.30. The van der Waals surface area contributed by atoms with E-state index in [1.807, 2.05) is 50.5 Å². The fraction of sp³-hybridized carbons (Fsp3) is 0.263. The summed E-state index contributed by atoms with van der Waals surface area (Å²) in [5, 5.41) is 0.743. The van der Waals surface area contributed by atoms with E-state index in [9.17, 15) is 4.79 Å².